The van der Waals surface area contributed by atoms with Crippen LogP contribution in [0, 0.1) is 24.0 Å². The van der Waals surface area contributed by atoms with Gasteiger partial charge in [0.2, 0.25) is 0 Å². The van der Waals surface area contributed by atoms with Gasteiger partial charge in [0.25, 0.3) is 5.91 Å². The Hall–Kier alpha value is -2.43. The highest BCUT2D eigenvalue weighted by Gasteiger charge is 2.28. The standard InChI is InChI=1S/C15H12ClF2N3O2/c1-2-5-19-14(22)10-7-13(16)20-21(15(10)23)8-9-3-4-11(17)12(18)6-9/h1,3-4,6-7,15,23H,5,8H2,(H,19,22). The van der Waals surface area contributed by atoms with Gasteiger partial charge in [0.1, 0.15) is 5.17 Å². The Kier molecular flexibility index (Phi) is 5.32. The van der Waals surface area contributed by atoms with Crippen LogP contribution in [0.2, 0.25) is 0 Å². The van der Waals surface area contributed by atoms with Crippen molar-refractivity contribution in [2.75, 3.05) is 6.54 Å². The second kappa shape index (κ2) is 7.22. The first-order valence-corrected chi connectivity index (χ1v) is 6.86. The average molecular weight is 340 g/mol. The molecule has 0 saturated heterocycles. The zero-order valence-electron chi connectivity index (χ0n) is 11.8. The van der Waals surface area contributed by atoms with Gasteiger partial charge in [-0.25, -0.2) is 8.78 Å². The molecule has 0 saturated carbocycles. The van der Waals surface area contributed by atoms with E-state index in [2.05, 4.69) is 16.3 Å². The number of aliphatic hydroxyl groups excluding tert-OH is 1. The van der Waals surface area contributed by atoms with E-state index >= 15 is 0 Å². The Labute approximate surface area is 136 Å². The van der Waals surface area contributed by atoms with Crippen molar-refractivity contribution in [2.24, 2.45) is 5.10 Å². The SMILES string of the molecule is C#CCNC(=O)C1=CC(Cl)=NN(Cc2ccc(F)c(F)c2)C1O. The highest BCUT2D eigenvalue weighted by Crippen LogP contribution is 2.20. The summed E-state index contributed by atoms with van der Waals surface area (Å²) in [6, 6.07) is 3.27. The van der Waals surface area contributed by atoms with E-state index in [4.69, 9.17) is 18.0 Å². The van der Waals surface area contributed by atoms with Crippen molar-refractivity contribution in [1.29, 1.82) is 0 Å². The molecule has 0 aromatic heterocycles. The largest absolute Gasteiger partial charge is 0.368 e. The number of amides is 1. The van der Waals surface area contributed by atoms with Crippen molar-refractivity contribution < 1.29 is 18.7 Å². The van der Waals surface area contributed by atoms with Crippen LogP contribution in [0.3, 0.4) is 0 Å². The topological polar surface area (TPSA) is 64.9 Å². The number of terminal acetylenes is 1. The average Bonchev–Trinajstić information content (AvgIpc) is 2.51. The molecule has 2 rings (SSSR count). The van der Waals surface area contributed by atoms with Crippen LogP contribution < -0.4 is 5.32 Å². The highest BCUT2D eigenvalue weighted by atomic mass is 35.5. The van der Waals surface area contributed by atoms with Crippen LogP contribution in [-0.2, 0) is 11.3 Å². The Morgan fingerprint density at radius 1 is 1.48 bits per heavy atom. The monoisotopic (exact) mass is 339 g/mol. The van der Waals surface area contributed by atoms with E-state index in [0.29, 0.717) is 5.56 Å². The normalized spacial score (nSPS) is 17.2. The van der Waals surface area contributed by atoms with Gasteiger partial charge < -0.3 is 10.4 Å². The molecule has 1 atom stereocenters. The summed E-state index contributed by atoms with van der Waals surface area (Å²) in [6.45, 7) is -0.0881. The molecular weight excluding hydrogens is 328 g/mol. The molecule has 8 heteroatoms. The summed E-state index contributed by atoms with van der Waals surface area (Å²) in [5.41, 5.74) is 0.296. The Morgan fingerprint density at radius 3 is 2.87 bits per heavy atom. The third-order valence-electron chi connectivity index (χ3n) is 3.00. The van der Waals surface area contributed by atoms with Crippen LogP contribution in [0.5, 0.6) is 0 Å². The fraction of sp³-hybridized carbons (Fsp3) is 0.200. The molecule has 0 spiro atoms. The number of halogens is 3. The van der Waals surface area contributed by atoms with E-state index in [0.717, 1.165) is 17.1 Å². The van der Waals surface area contributed by atoms with Crippen molar-refractivity contribution in [3.63, 3.8) is 0 Å². The number of carbonyl (C=O) groups is 1. The van der Waals surface area contributed by atoms with Crippen LogP contribution in [-0.4, -0.2) is 34.0 Å². The number of aliphatic hydroxyl groups is 1. The lowest BCUT2D eigenvalue weighted by atomic mass is 10.1. The van der Waals surface area contributed by atoms with Gasteiger partial charge >= 0.3 is 0 Å². The molecule has 1 amide bonds. The van der Waals surface area contributed by atoms with E-state index in [1.807, 2.05) is 0 Å². The molecule has 23 heavy (non-hydrogen) atoms. The smallest absolute Gasteiger partial charge is 0.252 e. The summed E-state index contributed by atoms with van der Waals surface area (Å²) in [7, 11) is 0. The number of benzene rings is 1. The summed E-state index contributed by atoms with van der Waals surface area (Å²) in [4.78, 5) is 11.9. The molecule has 1 aliphatic rings. The second-order valence-electron chi connectivity index (χ2n) is 4.63. The Bertz CT molecular complexity index is 728. The van der Waals surface area contributed by atoms with Crippen molar-refractivity contribution >= 4 is 22.7 Å². The fourth-order valence-corrected chi connectivity index (χ4v) is 2.15. The number of hydrogen-bond acceptors (Lipinski definition) is 4. The number of hydrogen-bond donors (Lipinski definition) is 2. The molecule has 0 aliphatic carbocycles. The van der Waals surface area contributed by atoms with Crippen LogP contribution in [0.4, 0.5) is 8.78 Å². The van der Waals surface area contributed by atoms with Gasteiger partial charge in [-0.1, -0.05) is 23.6 Å². The minimum atomic E-state index is -1.40. The summed E-state index contributed by atoms with van der Waals surface area (Å²) in [5.74, 6) is -0.371. The van der Waals surface area contributed by atoms with Crippen LogP contribution in [0.15, 0.2) is 34.9 Å². The molecule has 1 aromatic rings. The first kappa shape index (κ1) is 16.9. The van der Waals surface area contributed by atoms with Gasteiger partial charge in [0.15, 0.2) is 17.9 Å². The van der Waals surface area contributed by atoms with Crippen LogP contribution in [0.1, 0.15) is 5.56 Å². The van der Waals surface area contributed by atoms with Gasteiger partial charge in [0, 0.05) is 0 Å². The third kappa shape index (κ3) is 4.06. The first-order valence-electron chi connectivity index (χ1n) is 6.48. The fourth-order valence-electron chi connectivity index (χ4n) is 1.93. The molecule has 1 aliphatic heterocycles. The summed E-state index contributed by atoms with van der Waals surface area (Å²) >= 11 is 5.84. The molecule has 0 fully saturated rings. The van der Waals surface area contributed by atoms with E-state index in [1.54, 1.807) is 0 Å². The molecule has 1 heterocycles. The Morgan fingerprint density at radius 2 is 2.22 bits per heavy atom. The van der Waals surface area contributed by atoms with Gasteiger partial charge in [-0.3, -0.25) is 9.80 Å². The van der Waals surface area contributed by atoms with Crippen molar-refractivity contribution in [2.45, 2.75) is 12.8 Å². The van der Waals surface area contributed by atoms with Crippen LogP contribution >= 0.6 is 11.6 Å². The zero-order valence-corrected chi connectivity index (χ0v) is 12.5. The molecule has 2 N–H and O–H groups in total. The van der Waals surface area contributed by atoms with E-state index in [-0.39, 0.29) is 23.8 Å². The number of hydrazone groups is 1. The summed E-state index contributed by atoms with van der Waals surface area (Å²) in [5, 5.41) is 17.5. The lowest BCUT2D eigenvalue weighted by Crippen LogP contribution is -2.41. The summed E-state index contributed by atoms with van der Waals surface area (Å²) in [6.07, 6.45) is 4.86. The van der Waals surface area contributed by atoms with Gasteiger partial charge in [0.05, 0.1) is 18.7 Å². The van der Waals surface area contributed by atoms with E-state index in [9.17, 15) is 18.7 Å². The molecule has 0 bridgehead atoms. The molecule has 5 nitrogen and oxygen atoms in total. The number of nitrogens with zero attached hydrogens (tertiary/aromatic N) is 2. The predicted octanol–water partition coefficient (Wildman–Crippen LogP) is 1.33. The molecular formula is C15H12ClF2N3O2. The predicted molar refractivity (Wildman–Crippen MR) is 81.1 cm³/mol. The van der Waals surface area contributed by atoms with Crippen molar-refractivity contribution in [1.82, 2.24) is 10.3 Å². The minimum Gasteiger partial charge on any atom is -0.368 e. The quantitative estimate of drug-likeness (QED) is 0.813. The van der Waals surface area contributed by atoms with E-state index in [1.165, 1.54) is 12.1 Å². The first-order chi connectivity index (χ1) is 10.9. The number of allylic oxidation sites excluding steroid dienone is 1. The van der Waals surface area contributed by atoms with Crippen molar-refractivity contribution in [3.05, 3.63) is 47.0 Å². The Balaban J connectivity index is 2.17. The van der Waals surface area contributed by atoms with Gasteiger partial charge in [-0.15, -0.1) is 6.42 Å². The number of carbonyl (C=O) groups excluding carboxylic acids is 1. The number of nitrogens with one attached hydrogen (secondary N) is 1. The maximum atomic E-state index is 13.2. The second-order valence-corrected chi connectivity index (χ2v) is 5.02. The maximum absolute atomic E-state index is 13.2. The third-order valence-corrected chi connectivity index (χ3v) is 3.19. The van der Waals surface area contributed by atoms with Crippen LogP contribution in [0.25, 0.3) is 0 Å². The lowest BCUT2D eigenvalue weighted by molar-refractivity contribution is -0.119. The molecule has 1 unspecified atom stereocenters. The lowest BCUT2D eigenvalue weighted by Gasteiger charge is -2.29. The minimum absolute atomic E-state index is 0.0131. The molecule has 120 valence electrons. The molecule has 1 aromatic carbocycles. The number of rotatable bonds is 4. The zero-order chi connectivity index (χ0) is 17.0. The van der Waals surface area contributed by atoms with Crippen molar-refractivity contribution in [3.8, 4) is 12.3 Å². The van der Waals surface area contributed by atoms with Gasteiger partial charge in [-0.2, -0.15) is 5.10 Å². The maximum Gasteiger partial charge on any atom is 0.252 e. The highest BCUT2D eigenvalue weighted by molar-refractivity contribution is 6.68. The van der Waals surface area contributed by atoms with E-state index < -0.39 is 23.8 Å². The van der Waals surface area contributed by atoms with Gasteiger partial charge in [-0.05, 0) is 23.8 Å². The molecule has 0 radical (unpaired) electrons. The summed E-state index contributed by atoms with van der Waals surface area (Å²) < 4.78 is 26.2.